The summed E-state index contributed by atoms with van der Waals surface area (Å²) < 4.78 is 0. The fourth-order valence-electron chi connectivity index (χ4n) is 4.60. The van der Waals surface area contributed by atoms with Crippen LogP contribution in [0.2, 0.25) is 0 Å². The van der Waals surface area contributed by atoms with Crippen molar-refractivity contribution in [1.82, 2.24) is 14.8 Å². The van der Waals surface area contributed by atoms with Crippen molar-refractivity contribution >= 4 is 36.5 Å². The van der Waals surface area contributed by atoms with Crippen LogP contribution in [0.5, 0.6) is 0 Å². The number of nitrogens with zero attached hydrogens (tertiary/aromatic N) is 4. The Hall–Kier alpha value is -1.86. The van der Waals surface area contributed by atoms with Gasteiger partial charge in [0.2, 0.25) is 5.91 Å². The lowest BCUT2D eigenvalue weighted by Gasteiger charge is -2.35. The van der Waals surface area contributed by atoms with Gasteiger partial charge in [0.25, 0.3) is 0 Å². The fraction of sp³-hybridized carbons (Fsp3) is 0.478. The van der Waals surface area contributed by atoms with Crippen LogP contribution in [0.25, 0.3) is 0 Å². The Morgan fingerprint density at radius 3 is 2.32 bits per heavy atom. The van der Waals surface area contributed by atoms with Crippen molar-refractivity contribution in [2.24, 2.45) is 11.7 Å². The number of amides is 1. The van der Waals surface area contributed by atoms with Gasteiger partial charge in [-0.1, -0.05) is 36.4 Å². The molecule has 1 amide bonds. The maximum atomic E-state index is 12.7. The summed E-state index contributed by atoms with van der Waals surface area (Å²) in [6, 6.07) is 16.6. The molecule has 31 heavy (non-hydrogen) atoms. The highest BCUT2D eigenvalue weighted by Gasteiger charge is 2.33. The first-order valence-electron chi connectivity index (χ1n) is 10.7. The number of carbonyl (C=O) groups is 1. The normalized spacial score (nSPS) is 21.3. The number of carbonyl (C=O) groups excluding carboxylic acids is 1. The molecule has 0 spiro atoms. The second-order valence-electron chi connectivity index (χ2n) is 8.08. The van der Waals surface area contributed by atoms with Crippen LogP contribution in [0.4, 0.5) is 5.82 Å². The van der Waals surface area contributed by atoms with E-state index in [1.54, 1.807) is 0 Å². The average Bonchev–Trinajstić information content (AvgIpc) is 3.22. The van der Waals surface area contributed by atoms with Gasteiger partial charge in [-0.2, -0.15) is 0 Å². The maximum absolute atomic E-state index is 12.7. The molecule has 4 rings (SSSR count). The first kappa shape index (κ1) is 25.4. The van der Waals surface area contributed by atoms with Crippen molar-refractivity contribution in [2.45, 2.75) is 12.3 Å². The van der Waals surface area contributed by atoms with Crippen molar-refractivity contribution in [3.05, 3.63) is 60.3 Å². The molecule has 0 saturated carbocycles. The van der Waals surface area contributed by atoms with E-state index in [9.17, 15) is 4.79 Å². The molecule has 0 unspecified atom stereocenters. The molecule has 170 valence electrons. The zero-order valence-electron chi connectivity index (χ0n) is 17.8. The van der Waals surface area contributed by atoms with E-state index in [0.717, 1.165) is 51.6 Å². The summed E-state index contributed by atoms with van der Waals surface area (Å²) in [6.45, 7) is 6.72. The Balaban J connectivity index is 0.00000171. The summed E-state index contributed by atoms with van der Waals surface area (Å²) in [4.78, 5) is 23.8. The number of nitrogens with two attached hydrogens (primary N) is 1. The Bertz CT molecular complexity index is 787. The van der Waals surface area contributed by atoms with Gasteiger partial charge in [-0.25, -0.2) is 4.98 Å². The first-order valence-corrected chi connectivity index (χ1v) is 10.7. The zero-order valence-corrected chi connectivity index (χ0v) is 19.4. The quantitative estimate of drug-likeness (QED) is 0.709. The summed E-state index contributed by atoms with van der Waals surface area (Å²) in [7, 11) is 0. The third-order valence-corrected chi connectivity index (χ3v) is 6.29. The minimum absolute atomic E-state index is 0. The molecule has 2 N–H and O–H groups in total. The van der Waals surface area contributed by atoms with E-state index in [4.69, 9.17) is 5.73 Å². The number of rotatable bonds is 6. The molecule has 0 bridgehead atoms. The summed E-state index contributed by atoms with van der Waals surface area (Å²) in [6.07, 6.45) is 2.41. The number of piperazine rings is 1. The Labute approximate surface area is 197 Å². The van der Waals surface area contributed by atoms with Gasteiger partial charge >= 0.3 is 0 Å². The van der Waals surface area contributed by atoms with Gasteiger partial charge < -0.3 is 20.4 Å². The number of benzene rings is 1. The van der Waals surface area contributed by atoms with Crippen LogP contribution in [0, 0.1) is 5.92 Å². The van der Waals surface area contributed by atoms with Gasteiger partial charge in [0.15, 0.2) is 0 Å². The van der Waals surface area contributed by atoms with E-state index in [2.05, 4.69) is 45.1 Å². The Morgan fingerprint density at radius 2 is 1.68 bits per heavy atom. The standard InChI is InChI=1S/C23H31N5O.2ClH/c24-16-20-17-26(18-21(20)19-6-2-1-3-7-19)11-9-23(29)28-14-12-27(13-15-28)22-8-4-5-10-25-22;;/h1-8,10,20-21H,9,11-18,24H2;2*1H/t20-,21+;;/m1../s1. The van der Waals surface area contributed by atoms with Crippen LogP contribution in [0.1, 0.15) is 17.9 Å². The van der Waals surface area contributed by atoms with Crippen LogP contribution < -0.4 is 10.6 Å². The predicted octanol–water partition coefficient (Wildman–Crippen LogP) is 2.64. The van der Waals surface area contributed by atoms with Crippen LogP contribution >= 0.6 is 24.8 Å². The molecule has 2 aromatic rings. The molecule has 0 radical (unpaired) electrons. The molecule has 3 heterocycles. The summed E-state index contributed by atoms with van der Waals surface area (Å²) in [5.41, 5.74) is 7.41. The van der Waals surface area contributed by atoms with Crippen molar-refractivity contribution in [3.63, 3.8) is 0 Å². The van der Waals surface area contributed by atoms with Crippen LogP contribution in [-0.4, -0.2) is 73.0 Å². The van der Waals surface area contributed by atoms with Gasteiger partial charge in [-0.3, -0.25) is 4.79 Å². The highest BCUT2D eigenvalue weighted by Crippen LogP contribution is 2.32. The number of anilines is 1. The van der Waals surface area contributed by atoms with E-state index < -0.39 is 0 Å². The lowest BCUT2D eigenvalue weighted by molar-refractivity contribution is -0.131. The summed E-state index contributed by atoms with van der Waals surface area (Å²) >= 11 is 0. The molecule has 8 heteroatoms. The number of aromatic nitrogens is 1. The minimum atomic E-state index is 0. The largest absolute Gasteiger partial charge is 0.353 e. The van der Waals surface area contributed by atoms with Crippen LogP contribution in [0.15, 0.2) is 54.7 Å². The van der Waals surface area contributed by atoms with Gasteiger partial charge in [0.1, 0.15) is 5.82 Å². The van der Waals surface area contributed by atoms with Gasteiger partial charge in [0, 0.05) is 64.3 Å². The highest BCUT2D eigenvalue weighted by molar-refractivity contribution is 5.85. The lowest BCUT2D eigenvalue weighted by atomic mass is 9.89. The van der Waals surface area contributed by atoms with Gasteiger partial charge in [-0.05, 0) is 30.2 Å². The fourth-order valence-corrected chi connectivity index (χ4v) is 4.60. The molecule has 2 aliphatic rings. The third-order valence-electron chi connectivity index (χ3n) is 6.29. The zero-order chi connectivity index (χ0) is 20.1. The molecule has 0 aliphatic carbocycles. The molecule has 1 aromatic carbocycles. The minimum Gasteiger partial charge on any atom is -0.353 e. The number of likely N-dealkylation sites (tertiary alicyclic amines) is 1. The number of pyridine rings is 1. The molecular weight excluding hydrogens is 433 g/mol. The number of hydrogen-bond donors (Lipinski definition) is 1. The van der Waals surface area contributed by atoms with Crippen molar-refractivity contribution in [3.8, 4) is 0 Å². The van der Waals surface area contributed by atoms with Crippen molar-refractivity contribution in [2.75, 3.05) is 57.3 Å². The van der Waals surface area contributed by atoms with E-state index in [-0.39, 0.29) is 30.7 Å². The molecule has 2 aliphatic heterocycles. The average molecular weight is 466 g/mol. The second-order valence-corrected chi connectivity index (χ2v) is 8.08. The number of hydrogen-bond acceptors (Lipinski definition) is 5. The first-order chi connectivity index (χ1) is 14.2. The van der Waals surface area contributed by atoms with E-state index in [0.29, 0.717) is 24.8 Å². The molecule has 2 saturated heterocycles. The van der Waals surface area contributed by atoms with Crippen LogP contribution in [0.3, 0.4) is 0 Å². The monoisotopic (exact) mass is 465 g/mol. The molecule has 6 nitrogen and oxygen atoms in total. The molecular formula is C23H33Cl2N5O. The van der Waals surface area contributed by atoms with Gasteiger partial charge in [0.05, 0.1) is 0 Å². The molecule has 2 fully saturated rings. The van der Waals surface area contributed by atoms with Crippen molar-refractivity contribution in [1.29, 1.82) is 0 Å². The lowest BCUT2D eigenvalue weighted by Crippen LogP contribution is -2.49. The summed E-state index contributed by atoms with van der Waals surface area (Å²) in [5, 5.41) is 0. The predicted molar refractivity (Wildman–Crippen MR) is 130 cm³/mol. The van der Waals surface area contributed by atoms with Crippen molar-refractivity contribution < 1.29 is 4.79 Å². The molecule has 2 atom stereocenters. The number of halogens is 2. The van der Waals surface area contributed by atoms with E-state index >= 15 is 0 Å². The summed E-state index contributed by atoms with van der Waals surface area (Å²) in [5.74, 6) is 2.20. The Morgan fingerprint density at radius 1 is 0.968 bits per heavy atom. The molecule has 1 aromatic heterocycles. The second kappa shape index (κ2) is 12.2. The SMILES string of the molecule is Cl.Cl.NC[C@@H]1CN(CCC(=O)N2CCN(c3ccccn3)CC2)C[C@H]1c1ccccc1. The topological polar surface area (TPSA) is 65.7 Å². The van der Waals surface area contributed by atoms with Gasteiger partial charge in [-0.15, -0.1) is 24.8 Å². The smallest absolute Gasteiger partial charge is 0.223 e. The van der Waals surface area contributed by atoms with E-state index in [1.807, 2.05) is 29.3 Å². The highest BCUT2D eigenvalue weighted by atomic mass is 35.5. The third kappa shape index (κ3) is 6.32. The Kier molecular flexibility index (Phi) is 10.0. The maximum Gasteiger partial charge on any atom is 0.223 e. The van der Waals surface area contributed by atoms with E-state index in [1.165, 1.54) is 5.56 Å². The van der Waals surface area contributed by atoms with Crippen LogP contribution in [-0.2, 0) is 4.79 Å².